The first kappa shape index (κ1) is 21.6. The lowest BCUT2D eigenvalue weighted by molar-refractivity contribution is 0.194. The molecule has 3 aromatic rings. The minimum absolute atomic E-state index is 0.173. The Morgan fingerprint density at radius 2 is 1.94 bits per heavy atom. The summed E-state index contributed by atoms with van der Waals surface area (Å²) in [6.45, 7) is 7.06. The standard InChI is InChI=1S/C23H27FN6O2/c1-3-32-22-14-19(8-9-21(22)30-16-26-17(2)27-30)28-10-12-29(13-11-28)23(31)25-15-18-6-4-5-7-20(18)24/h4-9,14,16H,3,10-13,15H2,1-2H3,(H,25,31). The van der Waals surface area contributed by atoms with Gasteiger partial charge < -0.3 is 19.9 Å². The largest absolute Gasteiger partial charge is 0.492 e. The zero-order valence-corrected chi connectivity index (χ0v) is 18.3. The van der Waals surface area contributed by atoms with Crippen LogP contribution in [-0.2, 0) is 6.54 Å². The van der Waals surface area contributed by atoms with Gasteiger partial charge in [-0.3, -0.25) is 0 Å². The number of hydrogen-bond acceptors (Lipinski definition) is 5. The van der Waals surface area contributed by atoms with E-state index in [1.54, 1.807) is 34.1 Å². The summed E-state index contributed by atoms with van der Waals surface area (Å²) < 4.78 is 21.3. The van der Waals surface area contributed by atoms with Gasteiger partial charge in [-0.2, -0.15) is 5.10 Å². The van der Waals surface area contributed by atoms with Crippen molar-refractivity contribution in [2.24, 2.45) is 0 Å². The zero-order valence-electron chi connectivity index (χ0n) is 18.3. The van der Waals surface area contributed by atoms with Crippen molar-refractivity contribution in [1.29, 1.82) is 0 Å². The van der Waals surface area contributed by atoms with Crippen molar-refractivity contribution in [3.8, 4) is 11.4 Å². The van der Waals surface area contributed by atoms with Crippen molar-refractivity contribution in [2.75, 3.05) is 37.7 Å². The maximum Gasteiger partial charge on any atom is 0.317 e. The van der Waals surface area contributed by atoms with Crippen LogP contribution in [0.25, 0.3) is 5.69 Å². The second-order valence-corrected chi connectivity index (χ2v) is 7.55. The Kier molecular flexibility index (Phi) is 6.53. The number of halogens is 1. The van der Waals surface area contributed by atoms with Crippen LogP contribution in [-0.4, -0.2) is 58.5 Å². The second-order valence-electron chi connectivity index (χ2n) is 7.55. The number of aryl methyl sites for hydroxylation is 1. The summed E-state index contributed by atoms with van der Waals surface area (Å²) in [5.41, 5.74) is 2.34. The maximum absolute atomic E-state index is 13.8. The molecule has 0 aliphatic carbocycles. The van der Waals surface area contributed by atoms with Crippen molar-refractivity contribution in [2.45, 2.75) is 20.4 Å². The summed E-state index contributed by atoms with van der Waals surface area (Å²) in [5, 5.41) is 7.19. The summed E-state index contributed by atoms with van der Waals surface area (Å²) in [7, 11) is 0. The number of carbonyl (C=O) groups excluding carboxylic acids is 1. The number of anilines is 1. The number of aromatic nitrogens is 3. The molecule has 0 bridgehead atoms. The van der Waals surface area contributed by atoms with Gasteiger partial charge in [0, 0.05) is 50.0 Å². The fourth-order valence-electron chi connectivity index (χ4n) is 3.71. The summed E-state index contributed by atoms with van der Waals surface area (Å²) in [5.74, 6) is 1.12. The molecule has 168 valence electrons. The molecular formula is C23H27FN6O2. The van der Waals surface area contributed by atoms with Gasteiger partial charge in [0.2, 0.25) is 0 Å². The molecule has 1 aliphatic rings. The number of carbonyl (C=O) groups is 1. The molecule has 8 nitrogen and oxygen atoms in total. The topological polar surface area (TPSA) is 75.5 Å². The summed E-state index contributed by atoms with van der Waals surface area (Å²) in [6.07, 6.45) is 1.67. The third-order valence-electron chi connectivity index (χ3n) is 5.42. The van der Waals surface area contributed by atoms with Gasteiger partial charge in [-0.1, -0.05) is 18.2 Å². The maximum atomic E-state index is 13.8. The monoisotopic (exact) mass is 438 g/mol. The number of rotatable bonds is 6. The molecule has 2 aromatic carbocycles. The molecule has 4 rings (SSSR count). The third kappa shape index (κ3) is 4.82. The van der Waals surface area contributed by atoms with E-state index in [-0.39, 0.29) is 18.4 Å². The Hall–Kier alpha value is -3.62. The number of piperazine rings is 1. The smallest absolute Gasteiger partial charge is 0.317 e. The molecule has 1 aromatic heterocycles. The molecular weight excluding hydrogens is 411 g/mol. The summed E-state index contributed by atoms with van der Waals surface area (Å²) >= 11 is 0. The van der Waals surface area contributed by atoms with E-state index in [9.17, 15) is 9.18 Å². The number of urea groups is 1. The molecule has 0 unspecified atom stereocenters. The Bertz CT molecular complexity index is 1080. The Labute approximate surface area is 186 Å². The number of nitrogens with zero attached hydrogens (tertiary/aromatic N) is 5. The third-order valence-corrected chi connectivity index (χ3v) is 5.42. The number of nitrogens with one attached hydrogen (secondary N) is 1. The van der Waals surface area contributed by atoms with Crippen LogP contribution in [0.15, 0.2) is 48.8 Å². The quantitative estimate of drug-likeness (QED) is 0.640. The van der Waals surface area contributed by atoms with E-state index in [0.717, 1.165) is 17.1 Å². The highest BCUT2D eigenvalue weighted by Crippen LogP contribution is 2.29. The predicted octanol–water partition coefficient (Wildman–Crippen LogP) is 3.15. The molecule has 1 N–H and O–H groups in total. The SMILES string of the molecule is CCOc1cc(N2CCN(C(=O)NCc3ccccc3F)CC2)ccc1-n1cnc(C)n1. The fraction of sp³-hybridized carbons (Fsp3) is 0.348. The van der Waals surface area contributed by atoms with Crippen LogP contribution in [0.4, 0.5) is 14.9 Å². The van der Waals surface area contributed by atoms with Crippen molar-refractivity contribution in [3.63, 3.8) is 0 Å². The highest BCUT2D eigenvalue weighted by atomic mass is 19.1. The van der Waals surface area contributed by atoms with E-state index in [4.69, 9.17) is 4.74 Å². The van der Waals surface area contributed by atoms with Crippen LogP contribution in [0.3, 0.4) is 0 Å². The fourth-order valence-corrected chi connectivity index (χ4v) is 3.71. The van der Waals surface area contributed by atoms with Gasteiger partial charge in [-0.15, -0.1) is 0 Å². The van der Waals surface area contributed by atoms with Crippen molar-refractivity contribution < 1.29 is 13.9 Å². The first-order valence-corrected chi connectivity index (χ1v) is 10.7. The van der Waals surface area contributed by atoms with Crippen LogP contribution in [0.1, 0.15) is 18.3 Å². The van der Waals surface area contributed by atoms with Gasteiger partial charge >= 0.3 is 6.03 Å². The zero-order chi connectivity index (χ0) is 22.5. The molecule has 0 saturated carbocycles. The Morgan fingerprint density at radius 3 is 2.62 bits per heavy atom. The van der Waals surface area contributed by atoms with Crippen molar-refractivity contribution >= 4 is 11.7 Å². The Morgan fingerprint density at radius 1 is 1.16 bits per heavy atom. The van der Waals surface area contributed by atoms with Gasteiger partial charge in [0.15, 0.2) is 0 Å². The molecule has 1 saturated heterocycles. The van der Waals surface area contributed by atoms with Gasteiger partial charge in [-0.25, -0.2) is 18.9 Å². The van der Waals surface area contributed by atoms with Crippen molar-refractivity contribution in [3.05, 3.63) is 66.0 Å². The van der Waals surface area contributed by atoms with Crippen LogP contribution in [0, 0.1) is 12.7 Å². The number of hydrogen-bond donors (Lipinski definition) is 1. The average Bonchev–Trinajstić information content (AvgIpc) is 3.24. The molecule has 2 amide bonds. The van der Waals surface area contributed by atoms with Crippen LogP contribution >= 0.6 is 0 Å². The lowest BCUT2D eigenvalue weighted by Crippen LogP contribution is -2.51. The molecule has 0 radical (unpaired) electrons. The molecule has 0 atom stereocenters. The van der Waals surface area contributed by atoms with E-state index in [2.05, 4.69) is 20.3 Å². The normalized spacial score (nSPS) is 13.8. The van der Waals surface area contributed by atoms with Gasteiger partial charge in [0.1, 0.15) is 29.4 Å². The second kappa shape index (κ2) is 9.67. The van der Waals surface area contributed by atoms with Crippen LogP contribution in [0.5, 0.6) is 5.75 Å². The van der Waals surface area contributed by atoms with Crippen molar-refractivity contribution in [1.82, 2.24) is 25.0 Å². The van der Waals surface area contributed by atoms with Gasteiger partial charge in [-0.05, 0) is 32.0 Å². The van der Waals surface area contributed by atoms with E-state index in [1.807, 2.05) is 32.0 Å². The van der Waals surface area contributed by atoms with E-state index >= 15 is 0 Å². The molecule has 32 heavy (non-hydrogen) atoms. The molecule has 9 heteroatoms. The Balaban J connectivity index is 1.37. The minimum Gasteiger partial charge on any atom is -0.492 e. The summed E-state index contributed by atoms with van der Waals surface area (Å²) in [4.78, 5) is 20.7. The minimum atomic E-state index is -0.313. The van der Waals surface area contributed by atoms with Crippen LogP contribution in [0.2, 0.25) is 0 Å². The van der Waals surface area contributed by atoms with E-state index < -0.39 is 0 Å². The highest BCUT2D eigenvalue weighted by Gasteiger charge is 2.22. The lowest BCUT2D eigenvalue weighted by atomic mass is 10.2. The number of benzene rings is 2. The van der Waals surface area contributed by atoms with Gasteiger partial charge in [0.25, 0.3) is 0 Å². The molecule has 1 fully saturated rings. The first-order chi connectivity index (χ1) is 15.5. The highest BCUT2D eigenvalue weighted by molar-refractivity contribution is 5.74. The predicted molar refractivity (Wildman–Crippen MR) is 120 cm³/mol. The average molecular weight is 439 g/mol. The van der Waals surface area contributed by atoms with E-state index in [0.29, 0.717) is 44.2 Å². The van der Waals surface area contributed by atoms with Crippen LogP contribution < -0.4 is 15.0 Å². The number of amides is 2. The molecule has 1 aliphatic heterocycles. The molecule has 0 spiro atoms. The first-order valence-electron chi connectivity index (χ1n) is 10.7. The van der Waals surface area contributed by atoms with E-state index in [1.165, 1.54) is 6.07 Å². The van der Waals surface area contributed by atoms with Gasteiger partial charge in [0.05, 0.1) is 6.61 Å². The summed E-state index contributed by atoms with van der Waals surface area (Å²) in [6, 6.07) is 12.3. The molecule has 2 heterocycles. The number of ether oxygens (including phenoxy) is 1. The lowest BCUT2D eigenvalue weighted by Gasteiger charge is -2.36.